The summed E-state index contributed by atoms with van der Waals surface area (Å²) in [5, 5.41) is 0. The Bertz CT molecular complexity index is 430. The summed E-state index contributed by atoms with van der Waals surface area (Å²) in [6, 6.07) is 2.04. The zero-order chi connectivity index (χ0) is 13.2. The number of hydrogen-bond donors (Lipinski definition) is 0. The molecule has 0 aromatic carbocycles. The van der Waals surface area contributed by atoms with Gasteiger partial charge in [0.15, 0.2) is 0 Å². The molecule has 1 atom stereocenters. The molecule has 1 aromatic heterocycles. The lowest BCUT2D eigenvalue weighted by atomic mass is 9.98. The van der Waals surface area contributed by atoms with Crippen LogP contribution in [0.1, 0.15) is 37.4 Å². The Balaban J connectivity index is 1.62. The van der Waals surface area contributed by atoms with Gasteiger partial charge in [0.2, 0.25) is 0 Å². The SMILES string of the molecule is CN1CCCC(CN(C)c2ccnc(C3CC3)n2)C1. The smallest absolute Gasteiger partial charge is 0.133 e. The average Bonchev–Trinajstić information content (AvgIpc) is 3.23. The third-order valence-electron chi connectivity index (χ3n) is 4.25. The van der Waals surface area contributed by atoms with Gasteiger partial charge in [-0.1, -0.05) is 0 Å². The van der Waals surface area contributed by atoms with E-state index in [4.69, 9.17) is 4.98 Å². The van der Waals surface area contributed by atoms with Crippen molar-refractivity contribution in [2.24, 2.45) is 5.92 Å². The highest BCUT2D eigenvalue weighted by Gasteiger charge is 2.27. The largest absolute Gasteiger partial charge is 0.359 e. The topological polar surface area (TPSA) is 32.3 Å². The highest BCUT2D eigenvalue weighted by Crippen LogP contribution is 2.38. The highest BCUT2D eigenvalue weighted by molar-refractivity contribution is 5.37. The Morgan fingerprint density at radius 1 is 1.37 bits per heavy atom. The Morgan fingerprint density at radius 2 is 2.21 bits per heavy atom. The molecule has 3 rings (SSSR count). The zero-order valence-corrected chi connectivity index (χ0v) is 12.0. The molecule has 2 fully saturated rings. The molecule has 0 spiro atoms. The van der Waals surface area contributed by atoms with Crippen molar-refractivity contribution in [3.05, 3.63) is 18.1 Å². The van der Waals surface area contributed by atoms with Crippen LogP contribution in [0.3, 0.4) is 0 Å². The predicted octanol–water partition coefficient (Wildman–Crippen LogP) is 2.13. The van der Waals surface area contributed by atoms with Crippen LogP contribution in [-0.2, 0) is 0 Å². The second-order valence-electron chi connectivity index (χ2n) is 6.20. The van der Waals surface area contributed by atoms with E-state index >= 15 is 0 Å². The van der Waals surface area contributed by atoms with Crippen molar-refractivity contribution >= 4 is 5.82 Å². The van der Waals surface area contributed by atoms with Gasteiger partial charge in [0.1, 0.15) is 11.6 Å². The number of hydrogen-bond acceptors (Lipinski definition) is 4. The van der Waals surface area contributed by atoms with Crippen molar-refractivity contribution < 1.29 is 0 Å². The zero-order valence-electron chi connectivity index (χ0n) is 12.0. The minimum absolute atomic E-state index is 0.633. The van der Waals surface area contributed by atoms with E-state index in [-0.39, 0.29) is 0 Å². The van der Waals surface area contributed by atoms with E-state index in [1.54, 1.807) is 0 Å². The molecule has 0 amide bonds. The summed E-state index contributed by atoms with van der Waals surface area (Å²) in [7, 11) is 4.38. The van der Waals surface area contributed by atoms with E-state index in [1.807, 2.05) is 12.3 Å². The van der Waals surface area contributed by atoms with Gasteiger partial charge in [-0.15, -0.1) is 0 Å². The van der Waals surface area contributed by atoms with Crippen LogP contribution in [0.2, 0.25) is 0 Å². The normalized spacial score (nSPS) is 24.4. The monoisotopic (exact) mass is 260 g/mol. The van der Waals surface area contributed by atoms with Gasteiger partial charge in [0.05, 0.1) is 0 Å². The molecule has 19 heavy (non-hydrogen) atoms. The predicted molar refractivity (Wildman–Crippen MR) is 77.5 cm³/mol. The molecule has 104 valence electrons. The van der Waals surface area contributed by atoms with Crippen LogP contribution < -0.4 is 4.90 Å². The third kappa shape index (κ3) is 3.24. The van der Waals surface area contributed by atoms with Crippen molar-refractivity contribution in [3.63, 3.8) is 0 Å². The average molecular weight is 260 g/mol. The van der Waals surface area contributed by atoms with Crippen LogP contribution in [-0.4, -0.2) is 48.6 Å². The molecule has 0 N–H and O–H groups in total. The Kier molecular flexibility index (Phi) is 3.69. The minimum atomic E-state index is 0.633. The first-order chi connectivity index (χ1) is 9.22. The number of likely N-dealkylation sites (tertiary alicyclic amines) is 1. The third-order valence-corrected chi connectivity index (χ3v) is 4.25. The molecular weight excluding hydrogens is 236 g/mol. The molecule has 2 heterocycles. The minimum Gasteiger partial charge on any atom is -0.359 e. The molecule has 1 unspecified atom stereocenters. The molecular formula is C15H24N4. The molecule has 1 aromatic rings. The molecule has 0 radical (unpaired) electrons. The summed E-state index contributed by atoms with van der Waals surface area (Å²) >= 11 is 0. The Labute approximate surface area is 115 Å². The van der Waals surface area contributed by atoms with Gasteiger partial charge < -0.3 is 9.80 Å². The molecule has 1 aliphatic heterocycles. The Morgan fingerprint density at radius 3 is 2.95 bits per heavy atom. The van der Waals surface area contributed by atoms with Crippen molar-refractivity contribution in [2.75, 3.05) is 38.6 Å². The highest BCUT2D eigenvalue weighted by atomic mass is 15.2. The fraction of sp³-hybridized carbons (Fsp3) is 0.733. The van der Waals surface area contributed by atoms with Gasteiger partial charge >= 0.3 is 0 Å². The van der Waals surface area contributed by atoms with Gasteiger partial charge in [-0.3, -0.25) is 0 Å². The maximum Gasteiger partial charge on any atom is 0.133 e. The van der Waals surface area contributed by atoms with Crippen LogP contribution in [0, 0.1) is 5.92 Å². The summed E-state index contributed by atoms with van der Waals surface area (Å²) in [6.07, 6.45) is 7.11. The second-order valence-corrected chi connectivity index (χ2v) is 6.20. The summed E-state index contributed by atoms with van der Waals surface area (Å²) in [4.78, 5) is 13.9. The van der Waals surface area contributed by atoms with Gasteiger partial charge in [-0.05, 0) is 51.3 Å². The lowest BCUT2D eigenvalue weighted by Crippen LogP contribution is -2.38. The van der Waals surface area contributed by atoms with E-state index in [0.29, 0.717) is 5.92 Å². The maximum absolute atomic E-state index is 4.72. The van der Waals surface area contributed by atoms with Crippen LogP contribution in [0.25, 0.3) is 0 Å². The van der Waals surface area contributed by atoms with Crippen molar-refractivity contribution in [3.8, 4) is 0 Å². The quantitative estimate of drug-likeness (QED) is 0.830. The second kappa shape index (κ2) is 5.45. The van der Waals surface area contributed by atoms with Crippen LogP contribution in [0.4, 0.5) is 5.82 Å². The van der Waals surface area contributed by atoms with E-state index in [2.05, 4.69) is 28.9 Å². The number of nitrogens with zero attached hydrogens (tertiary/aromatic N) is 4. The molecule has 0 bridgehead atoms. The molecule has 1 aliphatic carbocycles. The maximum atomic E-state index is 4.72. The summed E-state index contributed by atoms with van der Waals surface area (Å²) in [5.74, 6) is 3.53. The van der Waals surface area contributed by atoms with Gasteiger partial charge in [-0.2, -0.15) is 0 Å². The molecule has 2 aliphatic rings. The van der Waals surface area contributed by atoms with E-state index in [0.717, 1.165) is 24.1 Å². The number of rotatable bonds is 4. The van der Waals surface area contributed by atoms with Gasteiger partial charge in [0.25, 0.3) is 0 Å². The summed E-state index contributed by atoms with van der Waals surface area (Å²) in [5.41, 5.74) is 0. The molecule has 1 saturated carbocycles. The van der Waals surface area contributed by atoms with E-state index in [1.165, 1.54) is 38.8 Å². The van der Waals surface area contributed by atoms with E-state index < -0.39 is 0 Å². The van der Waals surface area contributed by atoms with Crippen molar-refractivity contribution in [2.45, 2.75) is 31.6 Å². The summed E-state index contributed by atoms with van der Waals surface area (Å²) in [6.45, 7) is 3.57. The lowest BCUT2D eigenvalue weighted by Gasteiger charge is -2.32. The molecule has 4 nitrogen and oxygen atoms in total. The number of aromatic nitrogens is 2. The number of anilines is 1. The van der Waals surface area contributed by atoms with Crippen molar-refractivity contribution in [1.82, 2.24) is 14.9 Å². The van der Waals surface area contributed by atoms with Crippen molar-refractivity contribution in [1.29, 1.82) is 0 Å². The van der Waals surface area contributed by atoms with Crippen LogP contribution in [0.5, 0.6) is 0 Å². The fourth-order valence-electron chi connectivity index (χ4n) is 3.02. The van der Waals surface area contributed by atoms with Gasteiger partial charge in [0, 0.05) is 32.3 Å². The van der Waals surface area contributed by atoms with Gasteiger partial charge in [-0.25, -0.2) is 9.97 Å². The molecule has 1 saturated heterocycles. The first-order valence-electron chi connectivity index (χ1n) is 7.45. The Hall–Kier alpha value is -1.16. The summed E-state index contributed by atoms with van der Waals surface area (Å²) < 4.78 is 0. The standard InChI is InChI=1S/C15H24N4/c1-18-9-3-4-12(10-18)11-19(2)14-7-8-16-15(17-14)13-5-6-13/h7-8,12-13H,3-6,9-11H2,1-2H3. The number of piperidine rings is 1. The van der Waals surface area contributed by atoms with E-state index in [9.17, 15) is 0 Å². The van der Waals surface area contributed by atoms with Crippen LogP contribution in [0.15, 0.2) is 12.3 Å². The first kappa shape index (κ1) is 12.9. The fourth-order valence-corrected chi connectivity index (χ4v) is 3.02. The lowest BCUT2D eigenvalue weighted by molar-refractivity contribution is 0.213. The first-order valence-corrected chi connectivity index (χ1v) is 7.45. The molecule has 4 heteroatoms. The van der Waals surface area contributed by atoms with Crippen LogP contribution >= 0.6 is 0 Å².